The summed E-state index contributed by atoms with van der Waals surface area (Å²) in [7, 11) is 0. The summed E-state index contributed by atoms with van der Waals surface area (Å²) in [6.07, 6.45) is 1.88. The minimum Gasteiger partial charge on any atom is -0.490 e. The first kappa shape index (κ1) is 14.2. The topological polar surface area (TPSA) is 40.5 Å². The molecule has 0 saturated heterocycles. The second-order valence-electron chi connectivity index (χ2n) is 4.37. The number of hydrogen-bond donors (Lipinski definition) is 0. The van der Waals surface area contributed by atoms with Crippen LogP contribution in [0.2, 0.25) is 0 Å². The molecule has 0 aliphatic carbocycles. The highest BCUT2D eigenvalue weighted by molar-refractivity contribution is 5.92. The molecule has 0 N–H and O–H groups in total. The van der Waals surface area contributed by atoms with Crippen molar-refractivity contribution in [2.75, 3.05) is 13.2 Å². The van der Waals surface area contributed by atoms with Gasteiger partial charge in [0, 0.05) is 13.1 Å². The summed E-state index contributed by atoms with van der Waals surface area (Å²) in [5.74, 6) is 1.53. The molecule has 0 saturated carbocycles. The van der Waals surface area contributed by atoms with Gasteiger partial charge in [0.05, 0.1) is 18.8 Å². The monoisotopic (exact) mass is 273 g/mol. The maximum Gasteiger partial charge on any atom is 0.176 e. The molecule has 0 bridgehead atoms. The number of carbonyl (C=O) groups is 1. The third-order valence-corrected chi connectivity index (χ3v) is 2.93. The standard InChI is InChI=1S/C16H19NO3/c1-3-19-15-8-4-5-9-16(15)20-12-11-17-10-6-7-14(17)13(2)18/h4-10H,3,11-12H2,1-2H3. The number of hydrogen-bond acceptors (Lipinski definition) is 3. The first-order chi connectivity index (χ1) is 9.72. The molecule has 0 radical (unpaired) electrons. The molecule has 1 heterocycles. The summed E-state index contributed by atoms with van der Waals surface area (Å²) < 4.78 is 13.1. The number of carbonyl (C=O) groups excluding carboxylic acids is 1. The first-order valence-corrected chi connectivity index (χ1v) is 6.73. The van der Waals surface area contributed by atoms with Crippen LogP contribution in [-0.4, -0.2) is 23.6 Å². The van der Waals surface area contributed by atoms with Crippen LogP contribution < -0.4 is 9.47 Å². The van der Waals surface area contributed by atoms with Gasteiger partial charge in [0.1, 0.15) is 6.61 Å². The van der Waals surface area contributed by atoms with Crippen molar-refractivity contribution in [3.8, 4) is 11.5 Å². The second-order valence-corrected chi connectivity index (χ2v) is 4.37. The highest BCUT2D eigenvalue weighted by atomic mass is 16.5. The van der Waals surface area contributed by atoms with Gasteiger partial charge in [-0.1, -0.05) is 12.1 Å². The number of ether oxygens (including phenoxy) is 2. The van der Waals surface area contributed by atoms with Crippen LogP contribution in [-0.2, 0) is 6.54 Å². The molecule has 0 fully saturated rings. The van der Waals surface area contributed by atoms with Crippen LogP contribution in [0.3, 0.4) is 0 Å². The smallest absolute Gasteiger partial charge is 0.176 e. The van der Waals surface area contributed by atoms with E-state index in [0.29, 0.717) is 25.5 Å². The number of rotatable bonds is 7. The van der Waals surface area contributed by atoms with E-state index in [1.54, 1.807) is 6.92 Å². The van der Waals surface area contributed by atoms with E-state index in [-0.39, 0.29) is 5.78 Å². The van der Waals surface area contributed by atoms with Crippen molar-refractivity contribution in [1.82, 2.24) is 4.57 Å². The zero-order chi connectivity index (χ0) is 14.4. The molecule has 0 atom stereocenters. The summed E-state index contributed by atoms with van der Waals surface area (Å²) in [5, 5.41) is 0. The molecule has 106 valence electrons. The van der Waals surface area contributed by atoms with E-state index in [9.17, 15) is 4.79 Å². The molecule has 0 aliphatic heterocycles. The van der Waals surface area contributed by atoms with Gasteiger partial charge in [-0.15, -0.1) is 0 Å². The Kier molecular flexibility index (Phi) is 4.82. The third-order valence-electron chi connectivity index (χ3n) is 2.93. The highest BCUT2D eigenvalue weighted by Crippen LogP contribution is 2.26. The normalized spacial score (nSPS) is 10.3. The van der Waals surface area contributed by atoms with E-state index in [2.05, 4.69) is 0 Å². The summed E-state index contributed by atoms with van der Waals surface area (Å²) in [6.45, 7) is 5.22. The quantitative estimate of drug-likeness (QED) is 0.727. The van der Waals surface area contributed by atoms with Crippen LogP contribution in [0.5, 0.6) is 11.5 Å². The first-order valence-electron chi connectivity index (χ1n) is 6.73. The van der Waals surface area contributed by atoms with Crippen molar-refractivity contribution >= 4 is 5.78 Å². The van der Waals surface area contributed by atoms with E-state index in [1.807, 2.05) is 54.1 Å². The van der Waals surface area contributed by atoms with E-state index in [1.165, 1.54) is 0 Å². The van der Waals surface area contributed by atoms with Crippen molar-refractivity contribution in [3.63, 3.8) is 0 Å². The minimum absolute atomic E-state index is 0.0599. The number of para-hydroxylation sites is 2. The number of benzene rings is 1. The Hall–Kier alpha value is -2.23. The Bertz CT molecular complexity index is 575. The van der Waals surface area contributed by atoms with E-state index in [0.717, 1.165) is 11.5 Å². The molecule has 0 aliphatic rings. The highest BCUT2D eigenvalue weighted by Gasteiger charge is 2.07. The minimum atomic E-state index is 0.0599. The lowest BCUT2D eigenvalue weighted by Crippen LogP contribution is -2.12. The van der Waals surface area contributed by atoms with E-state index >= 15 is 0 Å². The summed E-state index contributed by atoms with van der Waals surface area (Å²) in [6, 6.07) is 11.3. The average molecular weight is 273 g/mol. The molecule has 1 aromatic carbocycles. The fourth-order valence-corrected chi connectivity index (χ4v) is 2.03. The van der Waals surface area contributed by atoms with Crippen molar-refractivity contribution in [2.45, 2.75) is 20.4 Å². The molecule has 4 heteroatoms. The number of ketones is 1. The number of aromatic nitrogens is 1. The van der Waals surface area contributed by atoms with Gasteiger partial charge in [0.15, 0.2) is 17.3 Å². The van der Waals surface area contributed by atoms with E-state index in [4.69, 9.17) is 9.47 Å². The Morgan fingerprint density at radius 2 is 1.80 bits per heavy atom. The molecule has 0 unspecified atom stereocenters. The lowest BCUT2D eigenvalue weighted by molar-refractivity contribution is 0.100. The van der Waals surface area contributed by atoms with Gasteiger partial charge >= 0.3 is 0 Å². The fraction of sp³-hybridized carbons (Fsp3) is 0.312. The van der Waals surface area contributed by atoms with Gasteiger partial charge in [0.2, 0.25) is 0 Å². The molecule has 0 spiro atoms. The van der Waals surface area contributed by atoms with Crippen molar-refractivity contribution in [1.29, 1.82) is 0 Å². The van der Waals surface area contributed by atoms with Crippen LogP contribution in [0, 0.1) is 0 Å². The lowest BCUT2D eigenvalue weighted by atomic mass is 10.3. The van der Waals surface area contributed by atoms with Crippen molar-refractivity contribution < 1.29 is 14.3 Å². The van der Waals surface area contributed by atoms with E-state index < -0.39 is 0 Å². The van der Waals surface area contributed by atoms with Crippen molar-refractivity contribution in [2.24, 2.45) is 0 Å². The molecule has 20 heavy (non-hydrogen) atoms. The van der Waals surface area contributed by atoms with Gasteiger partial charge in [0.25, 0.3) is 0 Å². The molecular formula is C16H19NO3. The van der Waals surface area contributed by atoms with Crippen molar-refractivity contribution in [3.05, 3.63) is 48.3 Å². The van der Waals surface area contributed by atoms with Crippen LogP contribution in [0.1, 0.15) is 24.3 Å². The number of Topliss-reactive ketones (excluding diaryl/α,β-unsaturated/α-hetero) is 1. The maximum atomic E-state index is 11.4. The summed E-state index contributed by atoms with van der Waals surface area (Å²) >= 11 is 0. The van der Waals surface area contributed by atoms with Gasteiger partial charge < -0.3 is 14.0 Å². The Labute approximate surface area is 118 Å². The molecule has 2 rings (SSSR count). The molecule has 0 amide bonds. The zero-order valence-electron chi connectivity index (χ0n) is 11.8. The zero-order valence-corrected chi connectivity index (χ0v) is 11.8. The molecular weight excluding hydrogens is 254 g/mol. The summed E-state index contributed by atoms with van der Waals surface area (Å²) in [5.41, 5.74) is 0.701. The van der Waals surface area contributed by atoms with Crippen LogP contribution in [0.4, 0.5) is 0 Å². The van der Waals surface area contributed by atoms with Crippen LogP contribution >= 0.6 is 0 Å². The number of nitrogens with zero attached hydrogens (tertiary/aromatic N) is 1. The molecule has 1 aromatic heterocycles. The predicted molar refractivity (Wildman–Crippen MR) is 77.5 cm³/mol. The third kappa shape index (κ3) is 3.41. The van der Waals surface area contributed by atoms with Gasteiger partial charge in [-0.3, -0.25) is 4.79 Å². The van der Waals surface area contributed by atoms with Crippen LogP contribution in [0.15, 0.2) is 42.6 Å². The fourth-order valence-electron chi connectivity index (χ4n) is 2.03. The largest absolute Gasteiger partial charge is 0.490 e. The second kappa shape index (κ2) is 6.80. The summed E-state index contributed by atoms with van der Waals surface area (Å²) in [4.78, 5) is 11.4. The maximum absolute atomic E-state index is 11.4. The Morgan fingerprint density at radius 1 is 1.10 bits per heavy atom. The Morgan fingerprint density at radius 3 is 2.45 bits per heavy atom. The lowest BCUT2D eigenvalue weighted by Gasteiger charge is -2.12. The van der Waals surface area contributed by atoms with Gasteiger partial charge in [-0.25, -0.2) is 0 Å². The SMILES string of the molecule is CCOc1ccccc1OCCn1cccc1C(C)=O. The van der Waals surface area contributed by atoms with Crippen LogP contribution in [0.25, 0.3) is 0 Å². The average Bonchev–Trinajstić information content (AvgIpc) is 2.90. The molecule has 2 aromatic rings. The predicted octanol–water partition coefficient (Wildman–Crippen LogP) is 3.17. The van der Waals surface area contributed by atoms with Gasteiger partial charge in [-0.05, 0) is 31.2 Å². The Balaban J connectivity index is 1.96. The molecule has 4 nitrogen and oxygen atoms in total. The van der Waals surface area contributed by atoms with Gasteiger partial charge in [-0.2, -0.15) is 0 Å².